The van der Waals surface area contributed by atoms with E-state index in [0.29, 0.717) is 11.5 Å². The summed E-state index contributed by atoms with van der Waals surface area (Å²) in [5.74, 6) is 0. The maximum Gasteiger partial charge on any atom is 0.177 e. The van der Waals surface area contributed by atoms with Gasteiger partial charge >= 0.3 is 0 Å². The number of aromatic amines is 1. The second kappa shape index (κ2) is 3.89. The normalized spacial score (nSPS) is 14.4. The Morgan fingerprint density at radius 3 is 2.43 bits per heavy atom. The van der Waals surface area contributed by atoms with Gasteiger partial charge in [0.1, 0.15) is 0 Å². The van der Waals surface area contributed by atoms with Crippen LogP contribution in [0.25, 0.3) is 0 Å². The molecule has 1 aromatic rings. The van der Waals surface area contributed by atoms with Gasteiger partial charge in [-0.15, -0.1) is 0 Å². The SMILES string of the molecule is Cc1cn(C(C)CC(C)(C)C)c(=S)[nH]1. The number of imidazole rings is 1. The minimum atomic E-state index is 0.347. The molecule has 0 spiro atoms. The van der Waals surface area contributed by atoms with E-state index in [-0.39, 0.29) is 0 Å². The quantitative estimate of drug-likeness (QED) is 0.738. The predicted octanol–water partition coefficient (Wildman–Crippen LogP) is 3.85. The predicted molar refractivity (Wildman–Crippen MR) is 63.1 cm³/mol. The molecule has 0 saturated heterocycles. The van der Waals surface area contributed by atoms with Crippen LogP contribution in [0.5, 0.6) is 0 Å². The van der Waals surface area contributed by atoms with Crippen molar-refractivity contribution in [2.45, 2.75) is 47.1 Å². The standard InChI is InChI=1S/C11H20N2S/c1-8-7-13(10(14)12-8)9(2)6-11(3,4)5/h7,9H,6H2,1-5H3,(H,12,14). The van der Waals surface area contributed by atoms with Gasteiger partial charge in [0, 0.05) is 17.9 Å². The lowest BCUT2D eigenvalue weighted by atomic mass is 9.89. The summed E-state index contributed by atoms with van der Waals surface area (Å²) >= 11 is 5.25. The largest absolute Gasteiger partial charge is 0.335 e. The van der Waals surface area contributed by atoms with Crippen molar-refractivity contribution in [1.82, 2.24) is 9.55 Å². The van der Waals surface area contributed by atoms with Gasteiger partial charge in [0.05, 0.1) is 0 Å². The van der Waals surface area contributed by atoms with E-state index >= 15 is 0 Å². The summed E-state index contributed by atoms with van der Waals surface area (Å²) in [6.45, 7) is 11.0. The van der Waals surface area contributed by atoms with E-state index < -0.39 is 0 Å². The van der Waals surface area contributed by atoms with Crippen LogP contribution >= 0.6 is 12.2 Å². The van der Waals surface area contributed by atoms with Crippen LogP contribution in [0.15, 0.2) is 6.20 Å². The van der Waals surface area contributed by atoms with E-state index in [1.165, 1.54) is 0 Å². The second-order valence-electron chi connectivity index (χ2n) is 5.26. The smallest absolute Gasteiger partial charge is 0.177 e. The third-order valence-electron chi connectivity index (χ3n) is 2.25. The zero-order valence-corrected chi connectivity index (χ0v) is 10.5. The number of nitrogens with zero attached hydrogens (tertiary/aromatic N) is 1. The number of hydrogen-bond donors (Lipinski definition) is 1. The minimum Gasteiger partial charge on any atom is -0.335 e. The van der Waals surface area contributed by atoms with Gasteiger partial charge < -0.3 is 9.55 Å². The van der Waals surface area contributed by atoms with Crippen LogP contribution in [-0.2, 0) is 0 Å². The van der Waals surface area contributed by atoms with E-state index in [1.807, 2.05) is 6.92 Å². The lowest BCUT2D eigenvalue weighted by Gasteiger charge is -2.24. The van der Waals surface area contributed by atoms with Gasteiger partial charge in [0.2, 0.25) is 0 Å². The first-order valence-electron chi connectivity index (χ1n) is 5.07. The zero-order chi connectivity index (χ0) is 10.9. The van der Waals surface area contributed by atoms with Crippen molar-refractivity contribution in [3.05, 3.63) is 16.7 Å². The number of H-pyrrole nitrogens is 1. The van der Waals surface area contributed by atoms with Crippen molar-refractivity contribution in [1.29, 1.82) is 0 Å². The molecule has 0 radical (unpaired) electrons. The van der Waals surface area contributed by atoms with Crippen LogP contribution in [0.3, 0.4) is 0 Å². The molecule has 0 bridgehead atoms. The van der Waals surface area contributed by atoms with Gasteiger partial charge in [-0.2, -0.15) is 0 Å². The lowest BCUT2D eigenvalue weighted by Crippen LogP contribution is -2.14. The van der Waals surface area contributed by atoms with Crippen LogP contribution < -0.4 is 0 Å². The number of aromatic nitrogens is 2. The Kier molecular flexibility index (Phi) is 3.20. The molecule has 0 saturated carbocycles. The zero-order valence-electron chi connectivity index (χ0n) is 9.72. The average molecular weight is 212 g/mol. The Hall–Kier alpha value is -0.570. The highest BCUT2D eigenvalue weighted by atomic mass is 32.1. The summed E-state index contributed by atoms with van der Waals surface area (Å²) in [4.78, 5) is 3.15. The number of rotatable bonds is 2. The van der Waals surface area contributed by atoms with Gasteiger partial charge in [-0.1, -0.05) is 20.8 Å². The first-order valence-corrected chi connectivity index (χ1v) is 5.48. The van der Waals surface area contributed by atoms with Crippen LogP contribution in [0, 0.1) is 17.1 Å². The molecule has 2 nitrogen and oxygen atoms in total. The Morgan fingerprint density at radius 2 is 2.07 bits per heavy atom. The molecule has 80 valence electrons. The molecule has 0 fully saturated rings. The van der Waals surface area contributed by atoms with Crippen molar-refractivity contribution >= 4 is 12.2 Å². The van der Waals surface area contributed by atoms with E-state index in [0.717, 1.165) is 16.9 Å². The van der Waals surface area contributed by atoms with Crippen LogP contribution in [0.1, 0.15) is 45.9 Å². The Bertz CT molecular complexity index is 354. The van der Waals surface area contributed by atoms with Crippen molar-refractivity contribution in [3.63, 3.8) is 0 Å². The molecule has 1 aromatic heterocycles. The summed E-state index contributed by atoms with van der Waals surface area (Å²) < 4.78 is 2.98. The first-order chi connectivity index (χ1) is 6.29. The molecule has 1 atom stereocenters. The number of aryl methyl sites for hydroxylation is 1. The van der Waals surface area contributed by atoms with Crippen molar-refractivity contribution in [3.8, 4) is 0 Å². The molecule has 0 aliphatic rings. The number of nitrogens with one attached hydrogen (secondary N) is 1. The highest BCUT2D eigenvalue weighted by molar-refractivity contribution is 7.71. The molecule has 0 amide bonds. The Balaban J connectivity index is 2.85. The Labute approximate surface area is 91.3 Å². The van der Waals surface area contributed by atoms with Gasteiger partial charge in [0.25, 0.3) is 0 Å². The van der Waals surface area contributed by atoms with Crippen LogP contribution in [-0.4, -0.2) is 9.55 Å². The molecule has 1 heterocycles. The topological polar surface area (TPSA) is 20.7 Å². The lowest BCUT2D eigenvalue weighted by molar-refractivity contribution is 0.304. The van der Waals surface area contributed by atoms with Crippen molar-refractivity contribution < 1.29 is 0 Å². The number of hydrogen-bond acceptors (Lipinski definition) is 1. The van der Waals surface area contributed by atoms with Crippen LogP contribution in [0.4, 0.5) is 0 Å². The fraction of sp³-hybridized carbons (Fsp3) is 0.727. The van der Waals surface area contributed by atoms with Gasteiger partial charge in [-0.3, -0.25) is 0 Å². The third kappa shape index (κ3) is 2.98. The van der Waals surface area contributed by atoms with Gasteiger partial charge in [-0.05, 0) is 37.9 Å². The molecule has 1 unspecified atom stereocenters. The van der Waals surface area contributed by atoms with Crippen molar-refractivity contribution in [2.75, 3.05) is 0 Å². The highest BCUT2D eigenvalue weighted by Gasteiger charge is 2.16. The van der Waals surface area contributed by atoms with Gasteiger partial charge in [-0.25, -0.2) is 0 Å². The van der Waals surface area contributed by atoms with Crippen LogP contribution in [0.2, 0.25) is 0 Å². The molecule has 14 heavy (non-hydrogen) atoms. The second-order valence-corrected chi connectivity index (χ2v) is 5.65. The summed E-state index contributed by atoms with van der Waals surface area (Å²) in [7, 11) is 0. The molecular formula is C11H20N2S. The Morgan fingerprint density at radius 1 is 1.50 bits per heavy atom. The molecule has 3 heteroatoms. The van der Waals surface area contributed by atoms with Gasteiger partial charge in [0.15, 0.2) is 4.77 Å². The van der Waals surface area contributed by atoms with Crippen molar-refractivity contribution in [2.24, 2.45) is 5.41 Å². The molecule has 0 aromatic carbocycles. The molecule has 0 aliphatic heterocycles. The molecular weight excluding hydrogens is 192 g/mol. The summed E-state index contributed by atoms with van der Waals surface area (Å²) in [6, 6.07) is 0.465. The minimum absolute atomic E-state index is 0.347. The molecule has 1 rings (SSSR count). The molecule has 1 N–H and O–H groups in total. The first kappa shape index (κ1) is 11.5. The highest BCUT2D eigenvalue weighted by Crippen LogP contribution is 2.27. The average Bonchev–Trinajstić information content (AvgIpc) is 2.26. The maximum absolute atomic E-state index is 5.25. The van der Waals surface area contributed by atoms with E-state index in [1.54, 1.807) is 0 Å². The third-order valence-corrected chi connectivity index (χ3v) is 2.57. The fourth-order valence-electron chi connectivity index (χ4n) is 1.84. The monoisotopic (exact) mass is 212 g/mol. The summed E-state index contributed by atoms with van der Waals surface area (Å²) in [5.41, 5.74) is 1.48. The maximum atomic E-state index is 5.25. The van der Waals surface area contributed by atoms with E-state index in [9.17, 15) is 0 Å². The molecule has 0 aliphatic carbocycles. The van der Waals surface area contributed by atoms with E-state index in [2.05, 4.69) is 43.4 Å². The fourth-order valence-corrected chi connectivity index (χ4v) is 2.24. The summed E-state index contributed by atoms with van der Waals surface area (Å²) in [5, 5.41) is 0. The summed E-state index contributed by atoms with van der Waals surface area (Å²) in [6.07, 6.45) is 3.23. The van der Waals surface area contributed by atoms with E-state index in [4.69, 9.17) is 12.2 Å².